The average molecular weight is 265 g/mol. The van der Waals surface area contributed by atoms with Crippen LogP contribution in [0.4, 0.5) is 0 Å². The van der Waals surface area contributed by atoms with Crippen LogP contribution in [0.15, 0.2) is 0 Å². The lowest BCUT2D eigenvalue weighted by molar-refractivity contribution is -0.171. The summed E-state index contributed by atoms with van der Waals surface area (Å²) in [6.07, 6.45) is 7.00. The largest absolute Gasteiger partial charge is 0.464 e. The molecule has 1 amide bonds. The summed E-state index contributed by atoms with van der Waals surface area (Å²) in [5.41, 5.74) is -0.615. The van der Waals surface area contributed by atoms with E-state index in [0.29, 0.717) is 31.3 Å². The third-order valence-electron chi connectivity index (χ3n) is 5.38. The first-order valence-corrected chi connectivity index (χ1v) is 7.68. The third kappa shape index (κ3) is 1.79. The SMILES string of the molecule is CCOC(=O)[C@]12CCC(=O)N1CC[C@H]1CCCC[C@@H]12. The number of esters is 1. The Morgan fingerprint density at radius 2 is 2.16 bits per heavy atom. The molecule has 0 aromatic carbocycles. The number of hydrogen-bond acceptors (Lipinski definition) is 3. The average Bonchev–Trinajstić information content (AvgIpc) is 2.78. The molecule has 2 aliphatic heterocycles. The molecule has 1 saturated carbocycles. The lowest BCUT2D eigenvalue weighted by Crippen LogP contribution is -2.63. The van der Waals surface area contributed by atoms with Gasteiger partial charge in [0.25, 0.3) is 0 Å². The molecule has 0 bridgehead atoms. The van der Waals surface area contributed by atoms with Gasteiger partial charge in [0, 0.05) is 13.0 Å². The number of fused-ring (bicyclic) bond motifs is 3. The van der Waals surface area contributed by atoms with Crippen LogP contribution in [-0.4, -0.2) is 35.5 Å². The highest BCUT2D eigenvalue weighted by Crippen LogP contribution is 2.51. The van der Waals surface area contributed by atoms with Crippen LogP contribution in [-0.2, 0) is 14.3 Å². The van der Waals surface area contributed by atoms with Crippen LogP contribution in [0.25, 0.3) is 0 Å². The molecule has 0 unspecified atom stereocenters. The number of rotatable bonds is 2. The van der Waals surface area contributed by atoms with Gasteiger partial charge in [0.15, 0.2) is 0 Å². The Balaban J connectivity index is 1.96. The van der Waals surface area contributed by atoms with Crippen molar-refractivity contribution in [3.8, 4) is 0 Å². The van der Waals surface area contributed by atoms with Gasteiger partial charge in [0.1, 0.15) is 5.54 Å². The van der Waals surface area contributed by atoms with E-state index in [1.165, 1.54) is 19.3 Å². The van der Waals surface area contributed by atoms with Crippen molar-refractivity contribution < 1.29 is 14.3 Å². The third-order valence-corrected chi connectivity index (χ3v) is 5.38. The van der Waals surface area contributed by atoms with E-state index in [1.807, 2.05) is 11.8 Å². The molecule has 0 aromatic rings. The van der Waals surface area contributed by atoms with Crippen molar-refractivity contribution >= 4 is 11.9 Å². The normalized spacial score (nSPS) is 37.7. The highest BCUT2D eigenvalue weighted by atomic mass is 16.5. The van der Waals surface area contributed by atoms with E-state index in [1.54, 1.807) is 0 Å². The molecule has 3 fully saturated rings. The molecule has 0 aromatic heterocycles. The van der Waals surface area contributed by atoms with Crippen LogP contribution in [0.5, 0.6) is 0 Å². The maximum atomic E-state index is 12.6. The lowest BCUT2D eigenvalue weighted by Gasteiger charge is -2.51. The van der Waals surface area contributed by atoms with Crippen molar-refractivity contribution in [1.29, 1.82) is 0 Å². The first kappa shape index (κ1) is 12.9. The minimum absolute atomic E-state index is 0.141. The monoisotopic (exact) mass is 265 g/mol. The van der Waals surface area contributed by atoms with Crippen LogP contribution >= 0.6 is 0 Å². The predicted octanol–water partition coefficient (Wildman–Crippen LogP) is 2.12. The van der Waals surface area contributed by atoms with E-state index in [9.17, 15) is 9.59 Å². The highest BCUT2D eigenvalue weighted by molar-refractivity contribution is 5.92. The number of amides is 1. The second kappa shape index (κ2) is 4.80. The summed E-state index contributed by atoms with van der Waals surface area (Å²) in [6.45, 7) is 3.00. The maximum absolute atomic E-state index is 12.6. The van der Waals surface area contributed by atoms with Gasteiger partial charge in [-0.2, -0.15) is 0 Å². The number of piperidine rings is 1. The summed E-state index contributed by atoms with van der Waals surface area (Å²) < 4.78 is 5.35. The van der Waals surface area contributed by atoms with Gasteiger partial charge in [-0.3, -0.25) is 4.79 Å². The first-order valence-electron chi connectivity index (χ1n) is 7.68. The summed E-state index contributed by atoms with van der Waals surface area (Å²) in [5.74, 6) is 0.954. The summed E-state index contributed by atoms with van der Waals surface area (Å²) in [7, 11) is 0. The fraction of sp³-hybridized carbons (Fsp3) is 0.867. The van der Waals surface area contributed by atoms with Gasteiger partial charge >= 0.3 is 5.97 Å². The van der Waals surface area contributed by atoms with Gasteiger partial charge in [-0.1, -0.05) is 19.3 Å². The second-order valence-electron chi connectivity index (χ2n) is 6.13. The topological polar surface area (TPSA) is 46.6 Å². The van der Waals surface area contributed by atoms with Crippen molar-refractivity contribution in [3.05, 3.63) is 0 Å². The maximum Gasteiger partial charge on any atom is 0.332 e. The van der Waals surface area contributed by atoms with Crippen molar-refractivity contribution in [2.45, 2.75) is 57.4 Å². The van der Waals surface area contributed by atoms with E-state index in [4.69, 9.17) is 4.74 Å². The number of hydrogen-bond donors (Lipinski definition) is 0. The van der Waals surface area contributed by atoms with Crippen LogP contribution < -0.4 is 0 Å². The molecule has 0 N–H and O–H groups in total. The molecule has 0 radical (unpaired) electrons. The molecule has 4 heteroatoms. The lowest BCUT2D eigenvalue weighted by atomic mass is 9.64. The fourth-order valence-electron chi connectivity index (χ4n) is 4.60. The predicted molar refractivity (Wildman–Crippen MR) is 70.4 cm³/mol. The minimum Gasteiger partial charge on any atom is -0.464 e. The van der Waals surface area contributed by atoms with Gasteiger partial charge in [-0.05, 0) is 38.0 Å². The molecule has 19 heavy (non-hydrogen) atoms. The van der Waals surface area contributed by atoms with E-state index < -0.39 is 5.54 Å². The summed E-state index contributed by atoms with van der Waals surface area (Å²) in [6, 6.07) is 0. The zero-order valence-electron chi connectivity index (χ0n) is 11.7. The van der Waals surface area contributed by atoms with Crippen molar-refractivity contribution in [1.82, 2.24) is 4.90 Å². The highest BCUT2D eigenvalue weighted by Gasteiger charge is 2.60. The van der Waals surface area contributed by atoms with Crippen molar-refractivity contribution in [3.63, 3.8) is 0 Å². The minimum atomic E-state index is -0.615. The molecule has 3 atom stereocenters. The van der Waals surface area contributed by atoms with Gasteiger partial charge in [-0.25, -0.2) is 4.79 Å². The summed E-state index contributed by atoms with van der Waals surface area (Å²) in [4.78, 5) is 26.6. The molecular formula is C15H23NO3. The summed E-state index contributed by atoms with van der Waals surface area (Å²) in [5, 5.41) is 0. The zero-order valence-corrected chi connectivity index (χ0v) is 11.7. The van der Waals surface area contributed by atoms with Crippen LogP contribution in [0.3, 0.4) is 0 Å². The molecule has 2 heterocycles. The number of carbonyl (C=O) groups excluding carboxylic acids is 2. The van der Waals surface area contributed by atoms with E-state index in [0.717, 1.165) is 19.4 Å². The summed E-state index contributed by atoms with van der Waals surface area (Å²) >= 11 is 0. The Hall–Kier alpha value is -1.06. The van der Waals surface area contributed by atoms with Crippen LogP contribution in [0, 0.1) is 11.8 Å². The standard InChI is InChI=1S/C15H23NO3/c1-2-19-14(18)15-9-7-13(17)16(15)10-8-11-5-3-4-6-12(11)15/h11-12H,2-10H2,1H3/t11-,12+,15-/m1/s1. The Kier molecular flexibility index (Phi) is 3.27. The van der Waals surface area contributed by atoms with Gasteiger partial charge in [0.2, 0.25) is 5.91 Å². The zero-order chi connectivity index (χ0) is 13.5. The Morgan fingerprint density at radius 3 is 2.95 bits per heavy atom. The van der Waals surface area contributed by atoms with Crippen molar-refractivity contribution in [2.24, 2.45) is 11.8 Å². The van der Waals surface area contributed by atoms with E-state index in [2.05, 4.69) is 0 Å². The van der Waals surface area contributed by atoms with Crippen molar-refractivity contribution in [2.75, 3.05) is 13.2 Å². The van der Waals surface area contributed by atoms with E-state index >= 15 is 0 Å². The second-order valence-corrected chi connectivity index (χ2v) is 6.13. The van der Waals surface area contributed by atoms with E-state index in [-0.39, 0.29) is 11.9 Å². The molecule has 106 valence electrons. The molecule has 2 saturated heterocycles. The van der Waals surface area contributed by atoms with Gasteiger partial charge < -0.3 is 9.64 Å². The molecule has 1 aliphatic carbocycles. The Bertz CT molecular complexity index is 395. The van der Waals surface area contributed by atoms with Gasteiger partial charge in [0.05, 0.1) is 6.61 Å². The molecule has 4 nitrogen and oxygen atoms in total. The number of ether oxygens (including phenoxy) is 1. The van der Waals surface area contributed by atoms with Gasteiger partial charge in [-0.15, -0.1) is 0 Å². The number of carbonyl (C=O) groups is 2. The molecule has 0 spiro atoms. The fourth-order valence-corrected chi connectivity index (χ4v) is 4.60. The Morgan fingerprint density at radius 1 is 1.37 bits per heavy atom. The molecule has 3 aliphatic rings. The van der Waals surface area contributed by atoms with Crippen LogP contribution in [0.1, 0.15) is 51.9 Å². The quantitative estimate of drug-likeness (QED) is 0.718. The smallest absolute Gasteiger partial charge is 0.332 e. The van der Waals surface area contributed by atoms with Crippen LogP contribution in [0.2, 0.25) is 0 Å². The Labute approximate surface area is 114 Å². The number of nitrogens with zero attached hydrogens (tertiary/aromatic N) is 1. The molecule has 3 rings (SSSR count). The molecular weight excluding hydrogens is 242 g/mol. The first-order chi connectivity index (χ1) is 9.20.